The highest BCUT2D eigenvalue weighted by atomic mass is 16.3. The molecule has 0 amide bonds. The van der Waals surface area contributed by atoms with E-state index >= 15 is 0 Å². The smallest absolute Gasteiger partial charge is 0.115 e. The molecule has 0 saturated carbocycles. The number of rotatable bonds is 3. The van der Waals surface area contributed by atoms with Gasteiger partial charge >= 0.3 is 0 Å². The number of hydrogen-bond acceptors (Lipinski definition) is 1. The molecule has 0 aliphatic rings. The molecule has 0 aromatic heterocycles. The van der Waals surface area contributed by atoms with Crippen molar-refractivity contribution in [3.05, 3.63) is 29.8 Å². The molecule has 0 saturated heterocycles. The van der Waals surface area contributed by atoms with Crippen LogP contribution in [-0.2, 0) is 5.41 Å². The number of phenolic OH excluding ortho intramolecular Hbond substituents is 1. The fraction of sp³-hybridized carbons (Fsp3) is 0.500. The minimum Gasteiger partial charge on any atom is -0.508 e. The van der Waals surface area contributed by atoms with Crippen molar-refractivity contribution in [2.45, 2.75) is 39.0 Å². The Morgan fingerprint density at radius 2 is 1.54 bits per heavy atom. The molecule has 0 radical (unpaired) electrons. The minimum absolute atomic E-state index is 0.258. The molecule has 1 heteroatoms. The normalized spacial score (nSPS) is 11.6. The lowest BCUT2D eigenvalue weighted by Gasteiger charge is -2.27. The van der Waals surface area contributed by atoms with Gasteiger partial charge in [0.05, 0.1) is 0 Å². The first-order valence-corrected chi connectivity index (χ1v) is 4.92. The van der Waals surface area contributed by atoms with E-state index in [4.69, 9.17) is 5.11 Å². The summed E-state index contributed by atoms with van der Waals surface area (Å²) < 4.78 is 0. The van der Waals surface area contributed by atoms with Crippen molar-refractivity contribution in [3.63, 3.8) is 0 Å². The Morgan fingerprint density at radius 1 is 1.08 bits per heavy atom. The molecule has 72 valence electrons. The van der Waals surface area contributed by atoms with Gasteiger partial charge in [0.1, 0.15) is 5.75 Å². The molecular formula is C12H18O. The van der Waals surface area contributed by atoms with Crippen molar-refractivity contribution >= 4 is 0 Å². The van der Waals surface area contributed by atoms with E-state index in [-0.39, 0.29) is 5.41 Å². The molecule has 1 aromatic rings. The molecule has 0 aliphatic carbocycles. The van der Waals surface area contributed by atoms with Gasteiger partial charge in [0.15, 0.2) is 0 Å². The first kappa shape index (κ1) is 10.1. The second-order valence-corrected chi connectivity index (χ2v) is 3.81. The molecule has 1 N–H and O–H groups in total. The van der Waals surface area contributed by atoms with Crippen molar-refractivity contribution in [2.75, 3.05) is 0 Å². The van der Waals surface area contributed by atoms with Crippen molar-refractivity contribution in [1.82, 2.24) is 0 Å². The molecular weight excluding hydrogens is 160 g/mol. The van der Waals surface area contributed by atoms with Crippen molar-refractivity contribution in [2.24, 2.45) is 0 Å². The highest BCUT2D eigenvalue weighted by molar-refractivity contribution is 5.30. The van der Waals surface area contributed by atoms with E-state index in [0.29, 0.717) is 5.75 Å². The molecule has 0 spiro atoms. The van der Waals surface area contributed by atoms with Crippen LogP contribution in [0.15, 0.2) is 24.3 Å². The van der Waals surface area contributed by atoms with Gasteiger partial charge in [0.2, 0.25) is 0 Å². The van der Waals surface area contributed by atoms with Crippen LogP contribution in [0.5, 0.6) is 5.75 Å². The average Bonchev–Trinajstić information content (AvgIpc) is 2.18. The third-order valence-electron chi connectivity index (χ3n) is 3.12. The predicted molar refractivity (Wildman–Crippen MR) is 56.0 cm³/mol. The van der Waals surface area contributed by atoms with Gasteiger partial charge in [-0.15, -0.1) is 0 Å². The third kappa shape index (κ3) is 2.03. The van der Waals surface area contributed by atoms with Crippen molar-refractivity contribution in [3.8, 4) is 5.75 Å². The summed E-state index contributed by atoms with van der Waals surface area (Å²) in [6.07, 6.45) is 2.27. The summed E-state index contributed by atoms with van der Waals surface area (Å²) in [6.45, 7) is 6.67. The lowest BCUT2D eigenvalue weighted by Crippen LogP contribution is -2.19. The minimum atomic E-state index is 0.258. The van der Waals surface area contributed by atoms with E-state index in [1.165, 1.54) is 5.56 Å². The zero-order valence-corrected chi connectivity index (χ0v) is 8.67. The highest BCUT2D eigenvalue weighted by Gasteiger charge is 2.21. The van der Waals surface area contributed by atoms with Gasteiger partial charge in [-0.1, -0.05) is 32.9 Å². The molecule has 0 bridgehead atoms. The Labute approximate surface area is 80.4 Å². The number of benzene rings is 1. The number of phenols is 1. The maximum absolute atomic E-state index is 9.17. The summed E-state index contributed by atoms with van der Waals surface area (Å²) >= 11 is 0. The van der Waals surface area contributed by atoms with Gasteiger partial charge < -0.3 is 5.11 Å². The zero-order chi connectivity index (χ0) is 9.90. The molecule has 0 unspecified atom stereocenters. The van der Waals surface area contributed by atoms with Crippen molar-refractivity contribution in [1.29, 1.82) is 0 Å². The van der Waals surface area contributed by atoms with Gasteiger partial charge in [-0.3, -0.25) is 0 Å². The van der Waals surface area contributed by atoms with Crippen LogP contribution in [0.4, 0.5) is 0 Å². The van der Waals surface area contributed by atoms with Gasteiger partial charge in [-0.25, -0.2) is 0 Å². The van der Waals surface area contributed by atoms with Crippen LogP contribution in [0, 0.1) is 0 Å². The largest absolute Gasteiger partial charge is 0.508 e. The quantitative estimate of drug-likeness (QED) is 0.751. The van der Waals surface area contributed by atoms with Crippen LogP contribution in [0.1, 0.15) is 39.2 Å². The maximum Gasteiger partial charge on any atom is 0.115 e. The Kier molecular flexibility index (Phi) is 2.97. The maximum atomic E-state index is 9.17. The van der Waals surface area contributed by atoms with Crippen LogP contribution in [0.25, 0.3) is 0 Å². The summed E-state index contributed by atoms with van der Waals surface area (Å²) in [5.41, 5.74) is 1.57. The van der Waals surface area contributed by atoms with E-state index in [2.05, 4.69) is 20.8 Å². The molecule has 0 aliphatic heterocycles. The van der Waals surface area contributed by atoms with Gasteiger partial charge in [0, 0.05) is 0 Å². The van der Waals surface area contributed by atoms with Crippen LogP contribution < -0.4 is 0 Å². The lowest BCUT2D eigenvalue weighted by atomic mass is 9.78. The molecule has 1 rings (SSSR count). The third-order valence-corrected chi connectivity index (χ3v) is 3.12. The molecule has 0 fully saturated rings. The Morgan fingerprint density at radius 3 is 1.92 bits per heavy atom. The van der Waals surface area contributed by atoms with E-state index in [0.717, 1.165) is 12.8 Å². The topological polar surface area (TPSA) is 20.2 Å². The molecule has 0 atom stereocenters. The summed E-state index contributed by atoms with van der Waals surface area (Å²) in [6, 6.07) is 7.56. The van der Waals surface area contributed by atoms with Gasteiger partial charge in [-0.2, -0.15) is 0 Å². The SMILES string of the molecule is CCC(C)(CC)c1ccc(O)cc1. The fourth-order valence-electron chi connectivity index (χ4n) is 1.52. The van der Waals surface area contributed by atoms with Gasteiger partial charge in [-0.05, 0) is 36.0 Å². The van der Waals surface area contributed by atoms with E-state index < -0.39 is 0 Å². The zero-order valence-electron chi connectivity index (χ0n) is 8.67. The standard InChI is InChI=1S/C12H18O/c1-4-12(3,5-2)10-6-8-11(13)9-7-10/h6-9,13H,4-5H2,1-3H3. The summed E-state index contributed by atoms with van der Waals surface area (Å²) in [5, 5.41) is 9.17. The summed E-state index contributed by atoms with van der Waals surface area (Å²) in [4.78, 5) is 0. The molecule has 13 heavy (non-hydrogen) atoms. The number of aromatic hydroxyl groups is 1. The predicted octanol–water partition coefficient (Wildman–Crippen LogP) is 3.47. The van der Waals surface area contributed by atoms with Crippen LogP contribution in [0.2, 0.25) is 0 Å². The van der Waals surface area contributed by atoms with Gasteiger partial charge in [0.25, 0.3) is 0 Å². The van der Waals surface area contributed by atoms with Crippen LogP contribution >= 0.6 is 0 Å². The van der Waals surface area contributed by atoms with Crippen LogP contribution in [0.3, 0.4) is 0 Å². The molecule has 1 nitrogen and oxygen atoms in total. The van der Waals surface area contributed by atoms with Crippen LogP contribution in [-0.4, -0.2) is 5.11 Å². The lowest BCUT2D eigenvalue weighted by molar-refractivity contribution is 0.436. The Hall–Kier alpha value is -0.980. The van der Waals surface area contributed by atoms with E-state index in [1.807, 2.05) is 12.1 Å². The Balaban J connectivity index is 2.99. The highest BCUT2D eigenvalue weighted by Crippen LogP contribution is 2.31. The van der Waals surface area contributed by atoms with E-state index in [9.17, 15) is 0 Å². The first-order valence-electron chi connectivity index (χ1n) is 4.92. The first-order chi connectivity index (χ1) is 6.12. The monoisotopic (exact) mass is 178 g/mol. The molecule has 0 heterocycles. The average molecular weight is 178 g/mol. The van der Waals surface area contributed by atoms with Crippen molar-refractivity contribution < 1.29 is 5.11 Å². The number of hydrogen-bond donors (Lipinski definition) is 1. The fourth-order valence-corrected chi connectivity index (χ4v) is 1.52. The van der Waals surface area contributed by atoms with E-state index in [1.54, 1.807) is 12.1 Å². The second-order valence-electron chi connectivity index (χ2n) is 3.81. The molecule has 1 aromatic carbocycles. The summed E-state index contributed by atoms with van der Waals surface area (Å²) in [7, 11) is 0. The summed E-state index contributed by atoms with van der Waals surface area (Å²) in [5.74, 6) is 0.346. The Bertz CT molecular complexity index is 257. The second kappa shape index (κ2) is 3.82.